The molecular weight excluding hydrogens is 125 g/mol. The van der Waals surface area contributed by atoms with Crippen molar-refractivity contribution in [2.24, 2.45) is 0 Å². The molecule has 0 aliphatic heterocycles. The summed E-state index contributed by atoms with van der Waals surface area (Å²) in [5, 5.41) is 9.33. The molecule has 0 fully saturated rings. The summed E-state index contributed by atoms with van der Waals surface area (Å²) in [4.78, 5) is 0. The average molecular weight is 128 g/mol. The zero-order chi connectivity index (χ0) is 3.54. The molecule has 35 valence electrons. The third kappa shape index (κ3) is 1.18. The molecule has 0 aliphatic carbocycles. The van der Waals surface area contributed by atoms with Gasteiger partial charge in [0.25, 0.3) is 0 Å². The van der Waals surface area contributed by atoms with Crippen molar-refractivity contribution in [3.05, 3.63) is 12.4 Å². The van der Waals surface area contributed by atoms with E-state index >= 15 is 0 Å². The molecule has 1 aromatic rings. The number of hydrogen-bond acceptors (Lipinski definition) is 2. The maximum absolute atomic E-state index is 3.49. The Morgan fingerprint density at radius 1 is 1.17 bits per heavy atom. The van der Waals surface area contributed by atoms with E-state index in [0.29, 0.717) is 0 Å². The Hall–Kier alpha value is -0.354. The first kappa shape index (κ1) is 5.65. The van der Waals surface area contributed by atoms with Crippen LogP contribution in [0.1, 0.15) is 0 Å². The fourth-order valence-corrected chi connectivity index (χ4v) is 0.167. The summed E-state index contributed by atoms with van der Waals surface area (Å²) in [6, 6.07) is 0. The molecule has 0 atom stereocenters. The first-order valence-electron chi connectivity index (χ1n) is 1.30. The largest absolute Gasteiger partial charge is 0.198 e. The van der Waals surface area contributed by atoms with Gasteiger partial charge in [0.2, 0.25) is 0 Å². The zero-order valence-electron chi connectivity index (χ0n) is 2.88. The van der Waals surface area contributed by atoms with Crippen LogP contribution < -0.4 is 0 Å². The molecule has 1 rings (SSSR count). The minimum atomic E-state index is 0. The Kier molecular flexibility index (Phi) is 2.69. The molecule has 6 heavy (non-hydrogen) atoms. The molecule has 0 aliphatic rings. The van der Waals surface area contributed by atoms with Crippen LogP contribution in [0.2, 0.25) is 0 Å². The Morgan fingerprint density at radius 3 is 1.83 bits per heavy atom. The molecule has 0 saturated heterocycles. The number of hydrogen-bond donors (Lipinski definition) is 1. The van der Waals surface area contributed by atoms with Gasteiger partial charge in [-0.1, -0.05) is 0 Å². The van der Waals surface area contributed by atoms with Crippen LogP contribution in [0.25, 0.3) is 0 Å². The number of nitrogens with zero attached hydrogens (tertiary/aromatic N) is 2. The van der Waals surface area contributed by atoms with Gasteiger partial charge in [-0.05, 0) is 0 Å². The van der Waals surface area contributed by atoms with Gasteiger partial charge in [0.15, 0.2) is 0 Å². The van der Waals surface area contributed by atoms with Crippen LogP contribution in [0.5, 0.6) is 0 Å². The molecule has 0 saturated carbocycles. The number of aromatic amines is 1. The molecule has 0 bridgehead atoms. The fourth-order valence-electron chi connectivity index (χ4n) is 0.167. The van der Waals surface area contributed by atoms with E-state index in [4.69, 9.17) is 0 Å². The summed E-state index contributed by atoms with van der Waals surface area (Å²) >= 11 is 0. The maximum atomic E-state index is 3.49. The van der Waals surface area contributed by atoms with Crippen molar-refractivity contribution in [1.82, 2.24) is 15.4 Å². The van der Waals surface area contributed by atoms with Gasteiger partial charge in [0, 0.05) is 16.8 Å². The van der Waals surface area contributed by atoms with Crippen LogP contribution in [0.4, 0.5) is 0 Å². The number of aromatic nitrogens is 3. The Bertz CT molecular complexity index is 65.3. The second kappa shape index (κ2) is 2.86. The van der Waals surface area contributed by atoms with Crippen LogP contribution in [0.3, 0.4) is 0 Å². The normalized spacial score (nSPS) is 6.67. The van der Waals surface area contributed by atoms with Gasteiger partial charge in [0.1, 0.15) is 0 Å². The average Bonchev–Trinajstić information content (AvgIpc) is 1.76. The topological polar surface area (TPSA) is 41.6 Å². The predicted molar refractivity (Wildman–Crippen MR) is 16.4 cm³/mol. The van der Waals surface area contributed by atoms with E-state index in [2.05, 4.69) is 15.4 Å². The Balaban J connectivity index is 0.000000250. The van der Waals surface area contributed by atoms with Gasteiger partial charge in [-0.2, -0.15) is 15.4 Å². The van der Waals surface area contributed by atoms with E-state index in [1.54, 1.807) is 12.4 Å². The summed E-state index contributed by atoms with van der Waals surface area (Å²) < 4.78 is 0. The standard InChI is InChI=1S/C2H3N3.Co/c1-2-4-5-3-1;/h1-2H,(H,3,4,5);. The van der Waals surface area contributed by atoms with Crippen LogP contribution in [-0.4, -0.2) is 15.4 Å². The predicted octanol–water partition coefficient (Wildman–Crippen LogP) is -0.198. The summed E-state index contributed by atoms with van der Waals surface area (Å²) in [7, 11) is 0. The van der Waals surface area contributed by atoms with Crippen molar-refractivity contribution in [3.8, 4) is 0 Å². The van der Waals surface area contributed by atoms with E-state index in [1.165, 1.54) is 0 Å². The van der Waals surface area contributed by atoms with Crippen molar-refractivity contribution in [3.63, 3.8) is 0 Å². The Morgan fingerprint density at radius 2 is 1.67 bits per heavy atom. The van der Waals surface area contributed by atoms with Gasteiger partial charge in [-0.3, -0.25) is 0 Å². The smallest absolute Gasteiger partial charge is 0.0690 e. The zero-order valence-corrected chi connectivity index (χ0v) is 3.92. The number of nitrogens with one attached hydrogen (secondary N) is 1. The second-order valence-corrected chi connectivity index (χ2v) is 0.656. The summed E-state index contributed by atoms with van der Waals surface area (Å²) in [5.74, 6) is 0. The van der Waals surface area contributed by atoms with Crippen LogP contribution in [-0.2, 0) is 16.8 Å². The van der Waals surface area contributed by atoms with E-state index in [1.807, 2.05) is 0 Å². The number of H-pyrrole nitrogens is 1. The Labute approximate surface area is 45.3 Å². The molecule has 0 spiro atoms. The minimum Gasteiger partial charge on any atom is -0.198 e. The monoisotopic (exact) mass is 128 g/mol. The molecule has 1 heterocycles. The molecule has 1 N–H and O–H groups in total. The summed E-state index contributed by atoms with van der Waals surface area (Å²) in [6.45, 7) is 0. The van der Waals surface area contributed by atoms with Crippen LogP contribution >= 0.6 is 0 Å². The number of rotatable bonds is 0. The third-order valence-electron chi connectivity index (χ3n) is 0.331. The van der Waals surface area contributed by atoms with Crippen molar-refractivity contribution in [2.75, 3.05) is 0 Å². The van der Waals surface area contributed by atoms with E-state index < -0.39 is 0 Å². The van der Waals surface area contributed by atoms with Gasteiger partial charge >= 0.3 is 0 Å². The summed E-state index contributed by atoms with van der Waals surface area (Å²) in [6.07, 6.45) is 3.17. The molecule has 3 nitrogen and oxygen atoms in total. The van der Waals surface area contributed by atoms with E-state index in [0.717, 1.165) is 0 Å². The van der Waals surface area contributed by atoms with Crippen molar-refractivity contribution >= 4 is 0 Å². The molecule has 4 heteroatoms. The first-order chi connectivity index (χ1) is 2.50. The SMILES string of the molecule is [Co].c1cn[nH]n1. The minimum absolute atomic E-state index is 0. The van der Waals surface area contributed by atoms with E-state index in [-0.39, 0.29) is 16.8 Å². The molecule has 1 radical (unpaired) electrons. The van der Waals surface area contributed by atoms with Crippen molar-refractivity contribution in [1.29, 1.82) is 0 Å². The van der Waals surface area contributed by atoms with Gasteiger partial charge in [0.05, 0.1) is 12.4 Å². The molecule has 1 aromatic heterocycles. The first-order valence-corrected chi connectivity index (χ1v) is 1.30. The van der Waals surface area contributed by atoms with Gasteiger partial charge < -0.3 is 0 Å². The van der Waals surface area contributed by atoms with Crippen molar-refractivity contribution in [2.45, 2.75) is 0 Å². The quantitative estimate of drug-likeness (QED) is 0.525. The molecule has 0 aromatic carbocycles. The van der Waals surface area contributed by atoms with Gasteiger partial charge in [-0.25, -0.2) is 0 Å². The summed E-state index contributed by atoms with van der Waals surface area (Å²) in [5.41, 5.74) is 0. The van der Waals surface area contributed by atoms with Crippen LogP contribution in [0, 0.1) is 0 Å². The fraction of sp³-hybridized carbons (Fsp3) is 0. The van der Waals surface area contributed by atoms with Crippen LogP contribution in [0.15, 0.2) is 12.4 Å². The van der Waals surface area contributed by atoms with E-state index in [9.17, 15) is 0 Å². The van der Waals surface area contributed by atoms with Gasteiger partial charge in [-0.15, -0.1) is 0 Å². The second-order valence-electron chi connectivity index (χ2n) is 0.656. The molecular formula is C2H3CoN3. The van der Waals surface area contributed by atoms with Crippen molar-refractivity contribution < 1.29 is 16.8 Å². The maximum Gasteiger partial charge on any atom is 0.0690 e. The third-order valence-corrected chi connectivity index (χ3v) is 0.331. The molecule has 0 amide bonds. The molecule has 0 unspecified atom stereocenters.